The number of hydrogen-bond acceptors (Lipinski definition) is 6. The zero-order valence-corrected chi connectivity index (χ0v) is 15.0. The zero-order valence-electron chi connectivity index (χ0n) is 15.0. The minimum Gasteiger partial charge on any atom is -0.353 e. The van der Waals surface area contributed by atoms with E-state index in [9.17, 15) is 0 Å². The van der Waals surface area contributed by atoms with Crippen molar-refractivity contribution < 1.29 is 0 Å². The van der Waals surface area contributed by atoms with Crippen LogP contribution in [-0.2, 0) is 6.42 Å². The number of rotatable bonds is 3. The average molecular weight is 337 g/mol. The molecule has 3 aromatic rings. The first-order valence-corrected chi connectivity index (χ1v) is 8.79. The predicted molar refractivity (Wildman–Crippen MR) is 98.3 cm³/mol. The van der Waals surface area contributed by atoms with Gasteiger partial charge in [0, 0.05) is 50.3 Å². The van der Waals surface area contributed by atoms with Crippen molar-refractivity contribution in [2.75, 3.05) is 36.0 Å². The lowest BCUT2D eigenvalue weighted by atomic mass is 10.2. The molecule has 0 saturated carbocycles. The lowest BCUT2D eigenvalue weighted by Gasteiger charge is -2.36. The van der Waals surface area contributed by atoms with E-state index in [0.29, 0.717) is 0 Å². The molecular formula is C18H23N7. The van der Waals surface area contributed by atoms with Crippen LogP contribution in [0.2, 0.25) is 0 Å². The van der Waals surface area contributed by atoms with Crippen molar-refractivity contribution in [2.24, 2.45) is 0 Å². The highest BCUT2D eigenvalue weighted by Gasteiger charge is 2.21. The van der Waals surface area contributed by atoms with Crippen molar-refractivity contribution >= 4 is 17.2 Å². The molecule has 7 nitrogen and oxygen atoms in total. The fourth-order valence-electron chi connectivity index (χ4n) is 3.38. The fraction of sp³-hybridized carbons (Fsp3) is 0.444. The van der Waals surface area contributed by atoms with Gasteiger partial charge in [-0.25, -0.2) is 19.5 Å². The fourth-order valence-corrected chi connectivity index (χ4v) is 3.38. The lowest BCUT2D eigenvalue weighted by Crippen LogP contribution is -2.47. The highest BCUT2D eigenvalue weighted by molar-refractivity contribution is 5.69. The molecule has 130 valence electrons. The molecular weight excluding hydrogens is 314 g/mol. The predicted octanol–water partition coefficient (Wildman–Crippen LogP) is 2.03. The number of anilines is 2. The van der Waals surface area contributed by atoms with E-state index in [1.807, 2.05) is 30.8 Å². The van der Waals surface area contributed by atoms with Crippen LogP contribution in [0, 0.1) is 13.8 Å². The summed E-state index contributed by atoms with van der Waals surface area (Å²) in [6.45, 7) is 9.79. The Kier molecular flexibility index (Phi) is 3.99. The SMILES string of the molecule is CCc1cc(N2CCN(c3nccn4nc(C)cc34)CC2)nc(C)n1. The molecule has 7 heteroatoms. The Morgan fingerprint density at radius 3 is 2.52 bits per heavy atom. The van der Waals surface area contributed by atoms with Gasteiger partial charge in [0.2, 0.25) is 0 Å². The second kappa shape index (κ2) is 6.31. The molecule has 3 aromatic heterocycles. The van der Waals surface area contributed by atoms with Crippen molar-refractivity contribution in [1.82, 2.24) is 24.6 Å². The highest BCUT2D eigenvalue weighted by Crippen LogP contribution is 2.22. The molecule has 4 heterocycles. The molecule has 0 amide bonds. The molecule has 1 aliphatic heterocycles. The maximum atomic E-state index is 4.62. The molecule has 0 unspecified atom stereocenters. The van der Waals surface area contributed by atoms with Crippen LogP contribution in [0.5, 0.6) is 0 Å². The van der Waals surface area contributed by atoms with Crippen molar-refractivity contribution in [3.05, 3.63) is 41.7 Å². The van der Waals surface area contributed by atoms with Crippen molar-refractivity contribution in [2.45, 2.75) is 27.2 Å². The van der Waals surface area contributed by atoms with E-state index in [-0.39, 0.29) is 0 Å². The molecule has 1 aliphatic rings. The molecule has 0 N–H and O–H groups in total. The third-order valence-corrected chi connectivity index (χ3v) is 4.63. The summed E-state index contributed by atoms with van der Waals surface area (Å²) in [5.41, 5.74) is 3.18. The number of aryl methyl sites for hydroxylation is 3. The van der Waals surface area contributed by atoms with Gasteiger partial charge in [0.1, 0.15) is 17.2 Å². The molecule has 1 saturated heterocycles. The van der Waals surface area contributed by atoms with Crippen LogP contribution >= 0.6 is 0 Å². The summed E-state index contributed by atoms with van der Waals surface area (Å²) >= 11 is 0. The van der Waals surface area contributed by atoms with Gasteiger partial charge in [0.15, 0.2) is 5.82 Å². The van der Waals surface area contributed by atoms with Crippen LogP contribution in [0.15, 0.2) is 24.5 Å². The van der Waals surface area contributed by atoms with E-state index in [2.05, 4.69) is 48.9 Å². The smallest absolute Gasteiger partial charge is 0.154 e. The van der Waals surface area contributed by atoms with Gasteiger partial charge in [0.05, 0.1) is 5.69 Å². The van der Waals surface area contributed by atoms with Crippen LogP contribution in [0.3, 0.4) is 0 Å². The zero-order chi connectivity index (χ0) is 17.4. The second-order valence-corrected chi connectivity index (χ2v) is 6.46. The normalized spacial score (nSPS) is 15.2. The van der Waals surface area contributed by atoms with E-state index in [0.717, 1.165) is 67.0 Å². The molecule has 0 bridgehead atoms. The van der Waals surface area contributed by atoms with Crippen LogP contribution in [0.25, 0.3) is 5.52 Å². The summed E-state index contributed by atoms with van der Waals surface area (Å²) in [6, 6.07) is 4.21. The molecule has 25 heavy (non-hydrogen) atoms. The summed E-state index contributed by atoms with van der Waals surface area (Å²) in [6.07, 6.45) is 4.66. The first-order chi connectivity index (χ1) is 12.1. The molecule has 0 spiro atoms. The van der Waals surface area contributed by atoms with E-state index in [1.165, 1.54) is 0 Å². The van der Waals surface area contributed by atoms with Gasteiger partial charge in [-0.2, -0.15) is 5.10 Å². The minimum absolute atomic E-state index is 0.845. The molecule has 0 atom stereocenters. The van der Waals surface area contributed by atoms with Gasteiger partial charge in [-0.1, -0.05) is 6.92 Å². The van der Waals surface area contributed by atoms with Crippen molar-refractivity contribution in [3.63, 3.8) is 0 Å². The Hall–Kier alpha value is -2.70. The standard InChI is InChI=1S/C18H23N7/c1-4-15-12-17(21-14(3)20-15)23-7-9-24(10-8-23)18-16-11-13(2)22-25(16)6-5-19-18/h5-6,11-12H,4,7-10H2,1-3H3. The van der Waals surface area contributed by atoms with Gasteiger partial charge in [-0.15, -0.1) is 0 Å². The number of piperazine rings is 1. The third kappa shape index (κ3) is 3.01. The average Bonchev–Trinajstić information content (AvgIpc) is 3.01. The number of aromatic nitrogens is 5. The van der Waals surface area contributed by atoms with Crippen LogP contribution in [-0.4, -0.2) is 50.7 Å². The first-order valence-electron chi connectivity index (χ1n) is 8.79. The summed E-state index contributed by atoms with van der Waals surface area (Å²) in [5, 5.41) is 4.48. The van der Waals surface area contributed by atoms with E-state index in [1.54, 1.807) is 0 Å². The second-order valence-electron chi connectivity index (χ2n) is 6.46. The summed E-state index contributed by atoms with van der Waals surface area (Å²) in [4.78, 5) is 18.4. The Labute approximate surface area is 147 Å². The third-order valence-electron chi connectivity index (χ3n) is 4.63. The largest absolute Gasteiger partial charge is 0.353 e. The van der Waals surface area contributed by atoms with E-state index < -0.39 is 0 Å². The Morgan fingerprint density at radius 1 is 1.00 bits per heavy atom. The molecule has 0 aromatic carbocycles. The molecule has 0 radical (unpaired) electrons. The van der Waals surface area contributed by atoms with Crippen LogP contribution in [0.4, 0.5) is 11.6 Å². The molecule has 4 rings (SSSR count). The molecule has 1 fully saturated rings. The summed E-state index contributed by atoms with van der Waals surface area (Å²) < 4.78 is 1.91. The minimum atomic E-state index is 0.845. The number of fused-ring (bicyclic) bond motifs is 1. The van der Waals surface area contributed by atoms with Gasteiger partial charge in [-0.05, 0) is 26.3 Å². The summed E-state index contributed by atoms with van der Waals surface area (Å²) in [5.74, 6) is 2.89. The van der Waals surface area contributed by atoms with E-state index >= 15 is 0 Å². The quantitative estimate of drug-likeness (QED) is 0.729. The summed E-state index contributed by atoms with van der Waals surface area (Å²) in [7, 11) is 0. The monoisotopic (exact) mass is 337 g/mol. The topological polar surface area (TPSA) is 62.5 Å². The van der Waals surface area contributed by atoms with Crippen LogP contribution < -0.4 is 9.80 Å². The van der Waals surface area contributed by atoms with Gasteiger partial charge < -0.3 is 9.80 Å². The van der Waals surface area contributed by atoms with Crippen molar-refractivity contribution in [1.29, 1.82) is 0 Å². The molecule has 0 aliphatic carbocycles. The van der Waals surface area contributed by atoms with Crippen LogP contribution in [0.1, 0.15) is 24.1 Å². The van der Waals surface area contributed by atoms with Gasteiger partial charge >= 0.3 is 0 Å². The maximum Gasteiger partial charge on any atom is 0.154 e. The lowest BCUT2D eigenvalue weighted by molar-refractivity contribution is 0.639. The van der Waals surface area contributed by atoms with Gasteiger partial charge in [-0.3, -0.25) is 0 Å². The Balaban J connectivity index is 1.54. The Bertz CT molecular complexity index is 894. The van der Waals surface area contributed by atoms with Gasteiger partial charge in [0.25, 0.3) is 0 Å². The maximum absolute atomic E-state index is 4.62. The number of nitrogens with zero attached hydrogens (tertiary/aromatic N) is 7. The van der Waals surface area contributed by atoms with Crippen molar-refractivity contribution in [3.8, 4) is 0 Å². The highest BCUT2D eigenvalue weighted by atomic mass is 15.3. The first kappa shape index (κ1) is 15.8. The Morgan fingerprint density at radius 2 is 1.76 bits per heavy atom. The number of hydrogen-bond donors (Lipinski definition) is 0. The van der Waals surface area contributed by atoms with E-state index in [4.69, 9.17) is 0 Å².